The summed E-state index contributed by atoms with van der Waals surface area (Å²) in [5.74, 6) is 0. The van der Waals surface area contributed by atoms with Crippen molar-refractivity contribution in [1.29, 1.82) is 0 Å². The molecule has 0 radical (unpaired) electrons. The highest BCUT2D eigenvalue weighted by Gasteiger charge is 2.19. The maximum atomic E-state index is 12.3. The van der Waals surface area contributed by atoms with Gasteiger partial charge in [-0.25, -0.2) is 8.42 Å². The largest absolute Gasteiger partial charge is 0.392 e. The first kappa shape index (κ1) is 15.1. The Balaban J connectivity index is 2.44. The van der Waals surface area contributed by atoms with E-state index in [0.29, 0.717) is 5.56 Å². The van der Waals surface area contributed by atoms with E-state index >= 15 is 0 Å². The van der Waals surface area contributed by atoms with Crippen molar-refractivity contribution in [3.05, 3.63) is 58.1 Å². The zero-order chi connectivity index (χ0) is 14.8. The second kappa shape index (κ2) is 6.01. The highest BCUT2D eigenvalue weighted by molar-refractivity contribution is 7.92. The van der Waals surface area contributed by atoms with Crippen molar-refractivity contribution in [1.82, 2.24) is 0 Å². The van der Waals surface area contributed by atoms with E-state index in [9.17, 15) is 13.5 Å². The Hall–Kier alpha value is -1.27. The van der Waals surface area contributed by atoms with Crippen molar-refractivity contribution >= 4 is 38.9 Å². The van der Waals surface area contributed by atoms with Crippen molar-refractivity contribution in [3.63, 3.8) is 0 Å². The molecule has 2 aromatic carbocycles. The van der Waals surface area contributed by atoms with Crippen molar-refractivity contribution in [3.8, 4) is 0 Å². The maximum absolute atomic E-state index is 12.3. The average Bonchev–Trinajstić information content (AvgIpc) is 2.43. The molecule has 0 unspecified atom stereocenters. The molecule has 2 rings (SSSR count). The number of rotatable bonds is 4. The van der Waals surface area contributed by atoms with Gasteiger partial charge in [0.15, 0.2) is 0 Å². The summed E-state index contributed by atoms with van der Waals surface area (Å²) in [6, 6.07) is 10.8. The van der Waals surface area contributed by atoms with Crippen LogP contribution in [0, 0.1) is 0 Å². The number of benzene rings is 2. The van der Waals surface area contributed by atoms with E-state index in [1.807, 2.05) is 0 Å². The van der Waals surface area contributed by atoms with Crippen molar-refractivity contribution < 1.29 is 13.5 Å². The third-order valence-electron chi connectivity index (χ3n) is 2.63. The summed E-state index contributed by atoms with van der Waals surface area (Å²) >= 11 is 11.8. The van der Waals surface area contributed by atoms with Crippen molar-refractivity contribution in [2.75, 3.05) is 4.72 Å². The van der Waals surface area contributed by atoms with E-state index in [-0.39, 0.29) is 27.2 Å². The van der Waals surface area contributed by atoms with Crippen LogP contribution >= 0.6 is 23.2 Å². The lowest BCUT2D eigenvalue weighted by atomic mass is 10.2. The van der Waals surface area contributed by atoms with Gasteiger partial charge in [-0.3, -0.25) is 4.72 Å². The lowest BCUT2D eigenvalue weighted by Crippen LogP contribution is -2.15. The summed E-state index contributed by atoms with van der Waals surface area (Å²) in [5, 5.41) is 9.58. The molecule has 0 fully saturated rings. The summed E-state index contributed by atoms with van der Waals surface area (Å²) < 4.78 is 27.0. The van der Waals surface area contributed by atoms with Crippen LogP contribution in [0.4, 0.5) is 5.69 Å². The molecule has 7 heteroatoms. The highest BCUT2D eigenvalue weighted by Crippen LogP contribution is 2.31. The predicted molar refractivity (Wildman–Crippen MR) is 79.6 cm³/mol. The summed E-state index contributed by atoms with van der Waals surface area (Å²) in [5.41, 5.74) is 0.491. The Kier molecular flexibility index (Phi) is 4.55. The molecular weight excluding hydrogens is 321 g/mol. The van der Waals surface area contributed by atoms with Gasteiger partial charge < -0.3 is 5.11 Å². The number of hydrogen-bond acceptors (Lipinski definition) is 3. The lowest BCUT2D eigenvalue weighted by Gasteiger charge is -2.12. The zero-order valence-corrected chi connectivity index (χ0v) is 12.5. The van der Waals surface area contributed by atoms with E-state index in [1.165, 1.54) is 18.2 Å². The van der Waals surface area contributed by atoms with Crippen LogP contribution in [0.15, 0.2) is 47.4 Å². The third kappa shape index (κ3) is 3.07. The molecule has 0 heterocycles. The first-order chi connectivity index (χ1) is 9.45. The number of nitrogens with one attached hydrogen (secondary N) is 1. The molecule has 4 nitrogen and oxygen atoms in total. The molecule has 106 valence electrons. The van der Waals surface area contributed by atoms with Crippen molar-refractivity contribution in [2.24, 2.45) is 0 Å². The monoisotopic (exact) mass is 331 g/mol. The smallest absolute Gasteiger partial charge is 0.262 e. The number of sulfonamides is 1. The van der Waals surface area contributed by atoms with Gasteiger partial charge in [-0.15, -0.1) is 0 Å². The fourth-order valence-electron chi connectivity index (χ4n) is 1.68. The number of anilines is 1. The van der Waals surface area contributed by atoms with E-state index in [2.05, 4.69) is 4.72 Å². The van der Waals surface area contributed by atoms with Crippen LogP contribution in [-0.4, -0.2) is 13.5 Å². The SMILES string of the molecule is O=S(=O)(Nc1cccc(Cl)c1Cl)c1ccccc1CO. The Bertz CT molecular complexity index is 732. The molecule has 0 atom stereocenters. The van der Waals surface area contributed by atoms with Crippen LogP contribution in [0.1, 0.15) is 5.56 Å². The fraction of sp³-hybridized carbons (Fsp3) is 0.0769. The maximum Gasteiger partial charge on any atom is 0.262 e. The van der Waals surface area contributed by atoms with Crippen LogP contribution in [0.25, 0.3) is 0 Å². The first-order valence-corrected chi connectivity index (χ1v) is 7.85. The van der Waals surface area contributed by atoms with Crippen LogP contribution in [0.3, 0.4) is 0 Å². The van der Waals surface area contributed by atoms with Crippen molar-refractivity contribution in [2.45, 2.75) is 11.5 Å². The van der Waals surface area contributed by atoms with E-state index in [0.717, 1.165) is 0 Å². The molecule has 0 aromatic heterocycles. The molecule has 0 aliphatic rings. The molecule has 2 aromatic rings. The fourth-order valence-corrected chi connectivity index (χ4v) is 3.39. The molecule has 0 saturated heterocycles. The minimum absolute atomic E-state index is 0.00135. The molecule has 0 saturated carbocycles. The van der Waals surface area contributed by atoms with Gasteiger partial charge in [0.2, 0.25) is 0 Å². The number of aliphatic hydroxyl groups is 1. The number of halogens is 2. The minimum Gasteiger partial charge on any atom is -0.392 e. The molecule has 0 amide bonds. The van der Waals surface area contributed by atoms with Gasteiger partial charge in [-0.05, 0) is 23.8 Å². The molecular formula is C13H11Cl2NO3S. The Labute approximate surface area is 127 Å². The second-order valence-electron chi connectivity index (χ2n) is 3.97. The van der Waals surface area contributed by atoms with Crippen LogP contribution in [0.2, 0.25) is 10.0 Å². The minimum atomic E-state index is -3.85. The van der Waals surface area contributed by atoms with Crippen LogP contribution in [-0.2, 0) is 16.6 Å². The Morgan fingerprint density at radius 3 is 2.45 bits per heavy atom. The van der Waals surface area contributed by atoms with Gasteiger partial charge >= 0.3 is 0 Å². The van der Waals surface area contributed by atoms with Gasteiger partial charge in [0.25, 0.3) is 10.0 Å². The summed E-state index contributed by atoms with van der Waals surface area (Å²) in [7, 11) is -3.85. The predicted octanol–water partition coefficient (Wildman–Crippen LogP) is 3.29. The average molecular weight is 332 g/mol. The quantitative estimate of drug-likeness (QED) is 0.903. The van der Waals surface area contributed by atoms with Crippen LogP contribution < -0.4 is 4.72 Å². The summed E-state index contributed by atoms with van der Waals surface area (Å²) in [6.45, 7) is -0.375. The highest BCUT2D eigenvalue weighted by atomic mass is 35.5. The van der Waals surface area contributed by atoms with E-state index < -0.39 is 10.0 Å². The van der Waals surface area contributed by atoms with E-state index in [4.69, 9.17) is 23.2 Å². The molecule has 0 aliphatic carbocycles. The second-order valence-corrected chi connectivity index (χ2v) is 6.41. The number of hydrogen-bond donors (Lipinski definition) is 2. The third-order valence-corrected chi connectivity index (χ3v) is 4.91. The topological polar surface area (TPSA) is 66.4 Å². The van der Waals surface area contributed by atoms with Gasteiger partial charge in [0, 0.05) is 0 Å². The standard InChI is InChI=1S/C13H11Cl2NO3S/c14-10-5-3-6-11(13(10)15)16-20(18,19)12-7-2-1-4-9(12)8-17/h1-7,16-17H,8H2. The van der Waals surface area contributed by atoms with Gasteiger partial charge in [-0.1, -0.05) is 47.5 Å². The van der Waals surface area contributed by atoms with E-state index in [1.54, 1.807) is 24.3 Å². The Morgan fingerprint density at radius 2 is 1.75 bits per heavy atom. The molecule has 20 heavy (non-hydrogen) atoms. The lowest BCUT2D eigenvalue weighted by molar-refractivity contribution is 0.278. The summed E-state index contributed by atoms with van der Waals surface area (Å²) in [6.07, 6.45) is 0. The Morgan fingerprint density at radius 1 is 1.05 bits per heavy atom. The molecule has 0 aliphatic heterocycles. The van der Waals surface area contributed by atoms with Gasteiger partial charge in [0.1, 0.15) is 0 Å². The zero-order valence-electron chi connectivity index (χ0n) is 10.2. The molecule has 0 bridgehead atoms. The van der Waals surface area contributed by atoms with Gasteiger partial charge in [-0.2, -0.15) is 0 Å². The van der Waals surface area contributed by atoms with Crippen LogP contribution in [0.5, 0.6) is 0 Å². The first-order valence-electron chi connectivity index (χ1n) is 5.61. The number of aliphatic hydroxyl groups excluding tert-OH is 1. The summed E-state index contributed by atoms with van der Waals surface area (Å²) in [4.78, 5) is -0.00135. The molecule has 2 N–H and O–H groups in total. The molecule has 0 spiro atoms. The van der Waals surface area contributed by atoms with Gasteiger partial charge in [0.05, 0.1) is 27.2 Å². The normalized spacial score (nSPS) is 11.3.